The number of nitrogens with zero attached hydrogens (tertiary/aromatic N) is 1. The van der Waals surface area contributed by atoms with Crippen LogP contribution < -0.4 is 10.2 Å². The molecule has 1 aromatic rings. The lowest BCUT2D eigenvalue weighted by Crippen LogP contribution is -2.35. The molecular weight excluding hydrogens is 251 g/mol. The first-order valence-electron chi connectivity index (χ1n) is 7.87. The second kappa shape index (κ2) is 7.07. The van der Waals surface area contributed by atoms with Gasteiger partial charge in [0.1, 0.15) is 5.82 Å². The minimum Gasteiger partial charge on any atom is -0.369 e. The van der Waals surface area contributed by atoms with Crippen molar-refractivity contribution in [1.29, 1.82) is 0 Å². The summed E-state index contributed by atoms with van der Waals surface area (Å²) in [4.78, 5) is 2.21. The van der Waals surface area contributed by atoms with Gasteiger partial charge in [-0.3, -0.25) is 0 Å². The standard InChI is InChI=1S/C17H27FN2/c1-4-14-6-5-9-20(12-14)17-8-7-15(10-16(17)18)11-19-13(2)3/h7-8,10,13-14,19H,4-6,9,11-12H2,1-3H3. The van der Waals surface area contributed by atoms with Crippen molar-refractivity contribution < 1.29 is 4.39 Å². The molecule has 2 nitrogen and oxygen atoms in total. The molecule has 20 heavy (non-hydrogen) atoms. The van der Waals surface area contributed by atoms with Crippen LogP contribution in [0.25, 0.3) is 0 Å². The molecule has 2 rings (SSSR count). The Kier molecular flexibility index (Phi) is 5.41. The monoisotopic (exact) mass is 278 g/mol. The molecule has 1 atom stereocenters. The van der Waals surface area contributed by atoms with Gasteiger partial charge in [-0.05, 0) is 36.5 Å². The molecule has 1 aliphatic heterocycles. The third kappa shape index (κ3) is 3.95. The molecule has 3 heteroatoms. The molecule has 0 saturated carbocycles. The quantitative estimate of drug-likeness (QED) is 0.877. The normalized spacial score (nSPS) is 19.6. The molecule has 112 valence electrons. The summed E-state index contributed by atoms with van der Waals surface area (Å²) in [6.45, 7) is 9.14. The minimum absolute atomic E-state index is 0.0789. The molecular formula is C17H27FN2. The average molecular weight is 278 g/mol. The summed E-state index contributed by atoms with van der Waals surface area (Å²) in [6, 6.07) is 6.10. The van der Waals surface area contributed by atoms with E-state index in [0.717, 1.165) is 30.9 Å². The summed E-state index contributed by atoms with van der Waals surface area (Å²) in [6.07, 6.45) is 3.65. The van der Waals surface area contributed by atoms with E-state index < -0.39 is 0 Å². The van der Waals surface area contributed by atoms with Crippen molar-refractivity contribution in [3.63, 3.8) is 0 Å². The van der Waals surface area contributed by atoms with E-state index in [1.165, 1.54) is 19.3 Å². The first kappa shape index (κ1) is 15.3. The van der Waals surface area contributed by atoms with E-state index in [-0.39, 0.29) is 5.82 Å². The van der Waals surface area contributed by atoms with Gasteiger partial charge in [0.05, 0.1) is 5.69 Å². The van der Waals surface area contributed by atoms with Crippen LogP contribution >= 0.6 is 0 Å². The maximum atomic E-state index is 14.3. The third-order valence-electron chi connectivity index (χ3n) is 4.16. The lowest BCUT2D eigenvalue weighted by molar-refractivity contribution is 0.401. The molecule has 0 aliphatic carbocycles. The van der Waals surface area contributed by atoms with Crippen molar-refractivity contribution in [1.82, 2.24) is 5.32 Å². The molecule has 0 aromatic heterocycles. The number of halogens is 1. The second-order valence-electron chi connectivity index (χ2n) is 6.18. The summed E-state index contributed by atoms with van der Waals surface area (Å²) >= 11 is 0. The van der Waals surface area contributed by atoms with Crippen molar-refractivity contribution in [2.75, 3.05) is 18.0 Å². The molecule has 0 radical (unpaired) electrons. The number of hydrogen-bond donors (Lipinski definition) is 1. The first-order valence-corrected chi connectivity index (χ1v) is 7.87. The van der Waals surface area contributed by atoms with Gasteiger partial charge in [0.15, 0.2) is 0 Å². The van der Waals surface area contributed by atoms with Crippen LogP contribution in [-0.4, -0.2) is 19.1 Å². The lowest BCUT2D eigenvalue weighted by Gasteiger charge is -2.34. The Morgan fingerprint density at radius 1 is 1.40 bits per heavy atom. The number of piperidine rings is 1. The zero-order chi connectivity index (χ0) is 14.5. The summed E-state index contributed by atoms with van der Waals surface area (Å²) in [5, 5.41) is 3.32. The van der Waals surface area contributed by atoms with Gasteiger partial charge in [0, 0.05) is 25.7 Å². The Bertz CT molecular complexity index is 431. The number of hydrogen-bond acceptors (Lipinski definition) is 2. The number of anilines is 1. The predicted octanol–water partition coefficient (Wildman–Crippen LogP) is 3.95. The molecule has 1 aromatic carbocycles. The van der Waals surface area contributed by atoms with Gasteiger partial charge in [0.2, 0.25) is 0 Å². The van der Waals surface area contributed by atoms with Crippen LogP contribution in [0.15, 0.2) is 18.2 Å². The van der Waals surface area contributed by atoms with E-state index in [9.17, 15) is 4.39 Å². The highest BCUT2D eigenvalue weighted by Gasteiger charge is 2.20. The van der Waals surface area contributed by atoms with Crippen molar-refractivity contribution in [2.24, 2.45) is 5.92 Å². The van der Waals surface area contributed by atoms with E-state index in [0.29, 0.717) is 12.0 Å². The molecule has 1 heterocycles. The van der Waals surface area contributed by atoms with E-state index in [2.05, 4.69) is 31.0 Å². The van der Waals surface area contributed by atoms with Crippen LogP contribution in [0.3, 0.4) is 0 Å². The zero-order valence-corrected chi connectivity index (χ0v) is 13.0. The maximum absolute atomic E-state index is 14.3. The highest BCUT2D eigenvalue weighted by Crippen LogP contribution is 2.27. The highest BCUT2D eigenvalue weighted by molar-refractivity contribution is 5.49. The van der Waals surface area contributed by atoms with E-state index >= 15 is 0 Å². The average Bonchev–Trinajstić information content (AvgIpc) is 2.45. The van der Waals surface area contributed by atoms with Crippen molar-refractivity contribution in [3.05, 3.63) is 29.6 Å². The van der Waals surface area contributed by atoms with Crippen LogP contribution in [0, 0.1) is 11.7 Å². The van der Waals surface area contributed by atoms with E-state index in [4.69, 9.17) is 0 Å². The van der Waals surface area contributed by atoms with Crippen LogP contribution in [0.2, 0.25) is 0 Å². The largest absolute Gasteiger partial charge is 0.369 e. The molecule has 1 N–H and O–H groups in total. The molecule has 0 amide bonds. The summed E-state index contributed by atoms with van der Waals surface area (Å²) < 4.78 is 14.3. The van der Waals surface area contributed by atoms with Crippen molar-refractivity contribution in [3.8, 4) is 0 Å². The summed E-state index contributed by atoms with van der Waals surface area (Å²) in [7, 11) is 0. The Morgan fingerprint density at radius 3 is 2.85 bits per heavy atom. The highest BCUT2D eigenvalue weighted by atomic mass is 19.1. The molecule has 1 unspecified atom stereocenters. The number of benzene rings is 1. The fraction of sp³-hybridized carbons (Fsp3) is 0.647. The smallest absolute Gasteiger partial charge is 0.146 e. The third-order valence-corrected chi connectivity index (χ3v) is 4.16. The van der Waals surface area contributed by atoms with E-state index in [1.54, 1.807) is 6.07 Å². The molecule has 0 bridgehead atoms. The zero-order valence-electron chi connectivity index (χ0n) is 13.0. The predicted molar refractivity (Wildman–Crippen MR) is 83.6 cm³/mol. The molecule has 1 fully saturated rings. The Labute approximate surface area is 122 Å². The van der Waals surface area contributed by atoms with Gasteiger partial charge in [-0.15, -0.1) is 0 Å². The Morgan fingerprint density at radius 2 is 2.20 bits per heavy atom. The molecule has 1 saturated heterocycles. The molecule has 0 spiro atoms. The second-order valence-corrected chi connectivity index (χ2v) is 6.18. The summed E-state index contributed by atoms with van der Waals surface area (Å²) in [5.74, 6) is 0.634. The van der Waals surface area contributed by atoms with Crippen LogP contribution in [0.4, 0.5) is 10.1 Å². The Hall–Kier alpha value is -1.09. The number of nitrogens with one attached hydrogen (secondary N) is 1. The van der Waals surface area contributed by atoms with Crippen molar-refractivity contribution >= 4 is 5.69 Å². The Balaban J connectivity index is 2.05. The van der Waals surface area contributed by atoms with Gasteiger partial charge in [-0.1, -0.05) is 33.3 Å². The SMILES string of the molecule is CCC1CCCN(c2ccc(CNC(C)C)cc2F)C1. The van der Waals surface area contributed by atoms with Crippen molar-refractivity contribution in [2.45, 2.75) is 52.6 Å². The fourth-order valence-corrected chi connectivity index (χ4v) is 2.86. The molecule has 1 aliphatic rings. The number of rotatable bonds is 5. The lowest BCUT2D eigenvalue weighted by atomic mass is 9.95. The minimum atomic E-state index is -0.0789. The van der Waals surface area contributed by atoms with Gasteiger partial charge in [0.25, 0.3) is 0 Å². The topological polar surface area (TPSA) is 15.3 Å². The van der Waals surface area contributed by atoms with Crippen LogP contribution in [0.1, 0.15) is 45.6 Å². The van der Waals surface area contributed by atoms with E-state index in [1.807, 2.05) is 12.1 Å². The first-order chi connectivity index (χ1) is 9.60. The van der Waals surface area contributed by atoms with Gasteiger partial charge in [-0.25, -0.2) is 4.39 Å². The fourth-order valence-electron chi connectivity index (χ4n) is 2.86. The van der Waals surface area contributed by atoms with Gasteiger partial charge in [-0.2, -0.15) is 0 Å². The van der Waals surface area contributed by atoms with Crippen LogP contribution in [-0.2, 0) is 6.54 Å². The van der Waals surface area contributed by atoms with Gasteiger partial charge >= 0.3 is 0 Å². The summed E-state index contributed by atoms with van der Waals surface area (Å²) in [5.41, 5.74) is 1.79. The van der Waals surface area contributed by atoms with Gasteiger partial charge < -0.3 is 10.2 Å². The van der Waals surface area contributed by atoms with Crippen LogP contribution in [0.5, 0.6) is 0 Å². The maximum Gasteiger partial charge on any atom is 0.146 e.